The highest BCUT2D eigenvalue weighted by molar-refractivity contribution is 7.92. The van der Waals surface area contributed by atoms with Crippen LogP contribution >= 0.6 is 0 Å². The van der Waals surface area contributed by atoms with E-state index in [9.17, 15) is 27.7 Å². The molecule has 0 bridgehead atoms. The first-order valence-electron chi connectivity index (χ1n) is 6.05. The zero-order valence-electron chi connectivity index (χ0n) is 11.5. The summed E-state index contributed by atoms with van der Waals surface area (Å²) in [5.41, 5.74) is -0.828. The Bertz CT molecular complexity index is 658. The number of amides is 1. The third-order valence-electron chi connectivity index (χ3n) is 2.37. The zero-order chi connectivity index (χ0) is 16.2. The molecule has 116 valence electrons. The molecule has 1 rings (SSSR count). The van der Waals surface area contributed by atoms with E-state index in [1.807, 2.05) is 5.32 Å². The molecule has 21 heavy (non-hydrogen) atoms. The SMILES string of the molecule is CC(C)CS(=O)(=O)CC(=O)Nc1cc([N+](=O)[O-])ccc1F. The Balaban J connectivity index is 2.84. The molecule has 1 aromatic carbocycles. The van der Waals surface area contributed by atoms with Crippen molar-refractivity contribution in [2.45, 2.75) is 13.8 Å². The van der Waals surface area contributed by atoms with E-state index in [1.54, 1.807) is 13.8 Å². The van der Waals surface area contributed by atoms with E-state index in [0.717, 1.165) is 18.2 Å². The third-order valence-corrected chi connectivity index (χ3v) is 4.25. The summed E-state index contributed by atoms with van der Waals surface area (Å²) in [5, 5.41) is 12.6. The summed E-state index contributed by atoms with van der Waals surface area (Å²) in [6.45, 7) is 3.38. The molecule has 0 heterocycles. The average molecular weight is 318 g/mol. The summed E-state index contributed by atoms with van der Waals surface area (Å²) < 4.78 is 36.7. The van der Waals surface area contributed by atoms with E-state index < -0.39 is 43.6 Å². The van der Waals surface area contributed by atoms with Crippen molar-refractivity contribution in [2.75, 3.05) is 16.8 Å². The molecule has 0 fully saturated rings. The lowest BCUT2D eigenvalue weighted by Crippen LogP contribution is -2.26. The Morgan fingerprint density at radius 1 is 1.43 bits per heavy atom. The number of halogens is 1. The lowest BCUT2D eigenvalue weighted by Gasteiger charge is -2.08. The molecule has 9 heteroatoms. The Morgan fingerprint density at radius 3 is 2.57 bits per heavy atom. The maximum Gasteiger partial charge on any atom is 0.271 e. The number of anilines is 1. The first kappa shape index (κ1) is 17.0. The highest BCUT2D eigenvalue weighted by Gasteiger charge is 2.20. The predicted octanol–water partition coefficient (Wildman–Crippen LogP) is 1.74. The van der Waals surface area contributed by atoms with Crippen molar-refractivity contribution in [2.24, 2.45) is 5.92 Å². The van der Waals surface area contributed by atoms with Gasteiger partial charge in [0, 0.05) is 12.1 Å². The summed E-state index contributed by atoms with van der Waals surface area (Å²) >= 11 is 0. The number of nitrogens with zero attached hydrogens (tertiary/aromatic N) is 1. The van der Waals surface area contributed by atoms with Gasteiger partial charge >= 0.3 is 0 Å². The second kappa shape index (κ2) is 6.61. The van der Waals surface area contributed by atoms with Crippen LogP contribution in [0.25, 0.3) is 0 Å². The van der Waals surface area contributed by atoms with E-state index in [-0.39, 0.29) is 11.7 Å². The van der Waals surface area contributed by atoms with Crippen molar-refractivity contribution in [3.05, 3.63) is 34.1 Å². The molecule has 0 aliphatic heterocycles. The number of nitrogens with one attached hydrogen (secondary N) is 1. The van der Waals surface area contributed by atoms with Gasteiger partial charge in [-0.2, -0.15) is 0 Å². The summed E-state index contributed by atoms with van der Waals surface area (Å²) in [6, 6.07) is 2.61. The molecule has 1 amide bonds. The highest BCUT2D eigenvalue weighted by Crippen LogP contribution is 2.21. The molecule has 1 N–H and O–H groups in total. The van der Waals surface area contributed by atoms with Crippen LogP contribution in [0.15, 0.2) is 18.2 Å². The number of nitro benzene ring substituents is 1. The molecule has 0 spiro atoms. The number of nitro groups is 1. The van der Waals surface area contributed by atoms with Crippen LogP contribution in [0.2, 0.25) is 0 Å². The Hall–Kier alpha value is -2.03. The van der Waals surface area contributed by atoms with Crippen molar-refractivity contribution in [3.8, 4) is 0 Å². The van der Waals surface area contributed by atoms with Crippen molar-refractivity contribution in [1.82, 2.24) is 0 Å². The van der Waals surface area contributed by atoms with E-state index >= 15 is 0 Å². The van der Waals surface area contributed by atoms with Gasteiger partial charge < -0.3 is 5.32 Å². The number of hydrogen-bond acceptors (Lipinski definition) is 5. The average Bonchev–Trinajstić information content (AvgIpc) is 2.28. The number of carbonyl (C=O) groups excluding carboxylic acids is 1. The predicted molar refractivity (Wildman–Crippen MR) is 75.2 cm³/mol. The number of sulfone groups is 1. The quantitative estimate of drug-likeness (QED) is 0.635. The Morgan fingerprint density at radius 2 is 2.05 bits per heavy atom. The van der Waals surface area contributed by atoms with E-state index in [1.165, 1.54) is 0 Å². The molecule has 0 aliphatic carbocycles. The molecular weight excluding hydrogens is 303 g/mol. The third kappa shape index (κ3) is 5.46. The molecule has 0 aromatic heterocycles. The van der Waals surface area contributed by atoms with Gasteiger partial charge in [-0.3, -0.25) is 14.9 Å². The molecular formula is C12H15FN2O5S. The summed E-state index contributed by atoms with van der Waals surface area (Å²) in [6.07, 6.45) is 0. The van der Waals surface area contributed by atoms with Crippen molar-refractivity contribution < 1.29 is 22.5 Å². The molecule has 0 unspecified atom stereocenters. The number of hydrogen-bond donors (Lipinski definition) is 1. The molecule has 0 saturated heterocycles. The Labute approximate surface area is 121 Å². The molecule has 0 atom stereocenters. The van der Waals surface area contributed by atoms with Crippen LogP contribution in [0.5, 0.6) is 0 Å². The normalized spacial score (nSPS) is 11.4. The fourth-order valence-electron chi connectivity index (χ4n) is 1.68. The fraction of sp³-hybridized carbons (Fsp3) is 0.417. The van der Waals surface area contributed by atoms with Crippen molar-refractivity contribution in [3.63, 3.8) is 0 Å². The highest BCUT2D eigenvalue weighted by atomic mass is 32.2. The van der Waals surface area contributed by atoms with Crippen LogP contribution in [0.3, 0.4) is 0 Å². The van der Waals surface area contributed by atoms with Crippen LogP contribution < -0.4 is 5.32 Å². The van der Waals surface area contributed by atoms with Gasteiger partial charge in [0.25, 0.3) is 5.69 Å². The van der Waals surface area contributed by atoms with Crippen LogP contribution in [0, 0.1) is 21.8 Å². The number of carbonyl (C=O) groups is 1. The summed E-state index contributed by atoms with van der Waals surface area (Å²) in [5.74, 6) is -2.92. The van der Waals surface area contributed by atoms with Gasteiger partial charge in [-0.15, -0.1) is 0 Å². The minimum Gasteiger partial charge on any atom is -0.322 e. The van der Waals surface area contributed by atoms with Crippen LogP contribution in [0.1, 0.15) is 13.8 Å². The lowest BCUT2D eigenvalue weighted by atomic mass is 10.2. The monoisotopic (exact) mass is 318 g/mol. The summed E-state index contributed by atoms with van der Waals surface area (Å²) in [7, 11) is -3.61. The van der Waals surface area contributed by atoms with E-state index in [4.69, 9.17) is 0 Å². The summed E-state index contributed by atoms with van der Waals surface area (Å²) in [4.78, 5) is 21.4. The second-order valence-electron chi connectivity index (χ2n) is 4.92. The standard InChI is InChI=1S/C12H15FN2O5S/c1-8(2)6-21(19,20)7-12(16)14-11-5-9(15(17)18)3-4-10(11)13/h3-5,8H,6-7H2,1-2H3,(H,14,16). The number of rotatable bonds is 6. The maximum absolute atomic E-state index is 13.4. The molecule has 0 saturated carbocycles. The van der Waals surface area contributed by atoms with Gasteiger partial charge in [0.2, 0.25) is 5.91 Å². The fourth-order valence-corrected chi connectivity index (χ4v) is 3.28. The van der Waals surface area contributed by atoms with Crippen molar-refractivity contribution >= 4 is 27.1 Å². The van der Waals surface area contributed by atoms with Crippen LogP contribution in [-0.2, 0) is 14.6 Å². The molecule has 1 aromatic rings. The lowest BCUT2D eigenvalue weighted by molar-refractivity contribution is -0.384. The molecule has 0 aliphatic rings. The number of benzene rings is 1. The first-order valence-corrected chi connectivity index (χ1v) is 7.87. The van der Waals surface area contributed by atoms with E-state index in [2.05, 4.69) is 0 Å². The maximum atomic E-state index is 13.4. The Kier molecular flexibility index (Phi) is 5.36. The molecule has 7 nitrogen and oxygen atoms in total. The largest absolute Gasteiger partial charge is 0.322 e. The van der Waals surface area contributed by atoms with Gasteiger partial charge in [-0.05, 0) is 12.0 Å². The van der Waals surface area contributed by atoms with Crippen LogP contribution in [-0.4, -0.2) is 30.8 Å². The minimum absolute atomic E-state index is 0.141. The van der Waals surface area contributed by atoms with Gasteiger partial charge in [-0.25, -0.2) is 12.8 Å². The van der Waals surface area contributed by atoms with Crippen molar-refractivity contribution in [1.29, 1.82) is 0 Å². The smallest absolute Gasteiger partial charge is 0.271 e. The van der Waals surface area contributed by atoms with Gasteiger partial charge in [-0.1, -0.05) is 13.8 Å². The first-order chi connectivity index (χ1) is 9.60. The second-order valence-corrected chi connectivity index (χ2v) is 7.03. The topological polar surface area (TPSA) is 106 Å². The van der Waals surface area contributed by atoms with Gasteiger partial charge in [0.15, 0.2) is 9.84 Å². The van der Waals surface area contributed by atoms with E-state index in [0.29, 0.717) is 0 Å². The van der Waals surface area contributed by atoms with Crippen LogP contribution in [0.4, 0.5) is 15.8 Å². The number of non-ortho nitro benzene ring substituents is 1. The van der Waals surface area contributed by atoms with Gasteiger partial charge in [0.1, 0.15) is 11.6 Å². The zero-order valence-corrected chi connectivity index (χ0v) is 12.3. The minimum atomic E-state index is -3.61. The van der Waals surface area contributed by atoms with Gasteiger partial charge in [0.05, 0.1) is 16.4 Å². The molecule has 0 radical (unpaired) electrons.